The van der Waals surface area contributed by atoms with Gasteiger partial charge in [0.2, 0.25) is 0 Å². The van der Waals surface area contributed by atoms with E-state index >= 15 is 0 Å². The van der Waals surface area contributed by atoms with Crippen LogP contribution in [-0.4, -0.2) is 24.9 Å². The van der Waals surface area contributed by atoms with E-state index in [-0.39, 0.29) is 0 Å². The average Bonchev–Trinajstić information content (AvgIpc) is 2.76. The summed E-state index contributed by atoms with van der Waals surface area (Å²) in [6.07, 6.45) is 12.7. The summed E-state index contributed by atoms with van der Waals surface area (Å²) in [5, 5.41) is 11.3. The quantitative estimate of drug-likeness (QED) is 0.227. The Kier molecular flexibility index (Phi) is 10.2. The van der Waals surface area contributed by atoms with Crippen LogP contribution in [0.2, 0.25) is 0 Å². The van der Waals surface area contributed by atoms with Crippen LogP contribution in [-0.2, 0) is 0 Å². The maximum atomic E-state index is 11.3. The highest BCUT2D eigenvalue weighted by Crippen LogP contribution is 2.51. The van der Waals surface area contributed by atoms with Crippen molar-refractivity contribution in [2.45, 2.75) is 0 Å². The number of pyridine rings is 2. The summed E-state index contributed by atoms with van der Waals surface area (Å²) in [7, 11) is 0. The summed E-state index contributed by atoms with van der Waals surface area (Å²) in [6, 6.07) is 11.1. The Bertz CT molecular complexity index is 928. The number of nitrogens with zero attached hydrogens (tertiary/aromatic N) is 6. The Morgan fingerprint density at radius 3 is 1.79 bits per heavy atom. The maximum absolute atomic E-state index is 11.3. The van der Waals surface area contributed by atoms with E-state index in [2.05, 4.69) is 24.9 Å². The summed E-state index contributed by atoms with van der Waals surface area (Å²) in [4.78, 5) is 20.1. The van der Waals surface area contributed by atoms with E-state index in [9.17, 15) is 5.21 Å². The van der Waals surface area contributed by atoms with Crippen molar-refractivity contribution in [3.8, 4) is 22.8 Å². The molecule has 148 valence electrons. The van der Waals surface area contributed by atoms with Crippen LogP contribution in [0, 0.1) is 5.21 Å². The van der Waals surface area contributed by atoms with Crippen molar-refractivity contribution in [2.75, 3.05) is 0 Å². The van der Waals surface area contributed by atoms with Crippen LogP contribution in [0.25, 0.3) is 22.8 Å². The summed E-state index contributed by atoms with van der Waals surface area (Å²) in [5.74, 6) is -1.20. The SMILES string of the molecule is ClP(Cl)Cl.[O-][n+]1ccncc1-c1ccccn1.c1ccc(-c2cnccn2)nc1. The van der Waals surface area contributed by atoms with Gasteiger partial charge in [0.1, 0.15) is 17.6 Å². The Hall–Kier alpha value is -2.44. The lowest BCUT2D eigenvalue weighted by Crippen LogP contribution is -2.28. The molecule has 0 radical (unpaired) electrons. The third-order valence-electron chi connectivity index (χ3n) is 3.14. The van der Waals surface area contributed by atoms with E-state index in [1.165, 1.54) is 18.6 Å². The smallest absolute Gasteiger partial charge is 0.260 e. The van der Waals surface area contributed by atoms with Gasteiger partial charge < -0.3 is 5.21 Å². The summed E-state index contributed by atoms with van der Waals surface area (Å²) >= 11 is 14.6. The number of hydrogen-bond acceptors (Lipinski definition) is 6. The largest absolute Gasteiger partial charge is 0.618 e. The minimum Gasteiger partial charge on any atom is -0.618 e. The molecule has 4 rings (SSSR count). The molecule has 11 heteroatoms. The van der Waals surface area contributed by atoms with E-state index in [1.807, 2.05) is 24.3 Å². The second-order valence-corrected chi connectivity index (χ2v) is 9.98. The first-order valence-corrected chi connectivity index (χ1v) is 12.0. The Morgan fingerprint density at radius 1 is 0.690 bits per heavy atom. The molecule has 7 nitrogen and oxygen atoms in total. The molecular formula is C18H14Cl3N6OP. The fourth-order valence-corrected chi connectivity index (χ4v) is 1.99. The molecule has 0 N–H and O–H groups in total. The standard InChI is InChI=1S/C9H7N3O.C9H7N3.Cl3P/c13-12-6-5-10-7-9(12)8-3-1-2-4-11-8;1-2-4-11-8(3-1)9-7-10-5-6-12-9;1-4(2)3/h1-7H;1-7H;. The molecule has 4 heterocycles. The third-order valence-corrected chi connectivity index (χ3v) is 3.14. The number of aromatic nitrogens is 6. The van der Waals surface area contributed by atoms with Crippen LogP contribution in [0.15, 0.2) is 86.0 Å². The second-order valence-electron chi connectivity index (χ2n) is 5.00. The molecule has 0 atom stereocenters. The molecule has 0 spiro atoms. The Morgan fingerprint density at radius 2 is 1.28 bits per heavy atom. The lowest BCUT2D eigenvalue weighted by atomic mass is 10.3. The van der Waals surface area contributed by atoms with Gasteiger partial charge in [-0.15, -0.1) is 0 Å². The summed E-state index contributed by atoms with van der Waals surface area (Å²) in [5.41, 5.74) is 2.75. The number of halogens is 3. The zero-order valence-electron chi connectivity index (χ0n) is 14.8. The van der Waals surface area contributed by atoms with E-state index in [0.29, 0.717) is 11.4 Å². The highest BCUT2D eigenvalue weighted by atomic mass is 36.0. The predicted molar refractivity (Wildman–Crippen MR) is 116 cm³/mol. The van der Waals surface area contributed by atoms with E-state index in [4.69, 9.17) is 33.7 Å². The van der Waals surface area contributed by atoms with Gasteiger partial charge in [-0.3, -0.25) is 19.9 Å². The molecule has 29 heavy (non-hydrogen) atoms. The van der Waals surface area contributed by atoms with Crippen molar-refractivity contribution in [1.82, 2.24) is 24.9 Å². The average molecular weight is 468 g/mol. The lowest BCUT2D eigenvalue weighted by Gasteiger charge is -2.00. The van der Waals surface area contributed by atoms with Gasteiger partial charge in [0.15, 0.2) is 12.2 Å². The van der Waals surface area contributed by atoms with E-state index in [0.717, 1.165) is 16.1 Å². The first-order valence-electron chi connectivity index (χ1n) is 7.97. The normalized spacial score (nSPS) is 9.66. The van der Waals surface area contributed by atoms with Crippen LogP contribution in [0.5, 0.6) is 0 Å². The topological polar surface area (TPSA) is 91.4 Å². The zero-order valence-corrected chi connectivity index (χ0v) is 17.9. The van der Waals surface area contributed by atoms with Crippen LogP contribution in [0.3, 0.4) is 0 Å². The molecule has 0 aliphatic rings. The van der Waals surface area contributed by atoms with Crippen LogP contribution in [0.4, 0.5) is 0 Å². The van der Waals surface area contributed by atoms with Gasteiger partial charge in [-0.05, 0) is 24.3 Å². The van der Waals surface area contributed by atoms with Crippen molar-refractivity contribution >= 4 is 39.7 Å². The molecule has 4 aromatic heterocycles. The fraction of sp³-hybridized carbons (Fsp3) is 0. The maximum Gasteiger partial charge on any atom is 0.260 e. The number of rotatable bonds is 2. The molecule has 0 saturated heterocycles. The van der Waals surface area contributed by atoms with Gasteiger partial charge in [-0.1, -0.05) is 45.9 Å². The first-order chi connectivity index (χ1) is 14.1. The van der Waals surface area contributed by atoms with Gasteiger partial charge in [-0.2, -0.15) is 4.73 Å². The van der Waals surface area contributed by atoms with Crippen LogP contribution >= 0.6 is 39.7 Å². The van der Waals surface area contributed by atoms with E-state index < -0.39 is 5.98 Å². The molecule has 0 amide bonds. The third kappa shape index (κ3) is 8.62. The molecule has 0 fully saturated rings. The summed E-state index contributed by atoms with van der Waals surface area (Å²) in [6.45, 7) is 0. The van der Waals surface area contributed by atoms with Crippen molar-refractivity contribution in [2.24, 2.45) is 0 Å². The Balaban J connectivity index is 0.000000176. The molecule has 0 unspecified atom stereocenters. The van der Waals surface area contributed by atoms with Gasteiger partial charge in [0.05, 0.1) is 18.1 Å². The first kappa shape index (κ1) is 22.8. The van der Waals surface area contributed by atoms with Crippen molar-refractivity contribution in [3.63, 3.8) is 0 Å². The molecule has 0 aromatic carbocycles. The molecule has 0 saturated carbocycles. The van der Waals surface area contributed by atoms with Gasteiger partial charge in [0.25, 0.3) is 5.69 Å². The minimum atomic E-state index is -1.20. The monoisotopic (exact) mass is 466 g/mol. The summed E-state index contributed by atoms with van der Waals surface area (Å²) < 4.78 is 0.745. The van der Waals surface area contributed by atoms with Crippen molar-refractivity contribution in [1.29, 1.82) is 0 Å². The van der Waals surface area contributed by atoms with Gasteiger partial charge >= 0.3 is 0 Å². The fourth-order valence-electron chi connectivity index (χ4n) is 1.99. The van der Waals surface area contributed by atoms with Crippen molar-refractivity contribution in [3.05, 3.63) is 91.2 Å². The van der Waals surface area contributed by atoms with Gasteiger partial charge in [-0.25, -0.2) is 4.98 Å². The Labute approximate surface area is 183 Å². The molecule has 0 aliphatic carbocycles. The predicted octanol–water partition coefficient (Wildman–Crippen LogP) is 5.25. The molecule has 0 aliphatic heterocycles. The van der Waals surface area contributed by atoms with E-state index in [1.54, 1.807) is 43.1 Å². The minimum absolute atomic E-state index is 0.461. The molecule has 0 bridgehead atoms. The second kappa shape index (κ2) is 12.9. The lowest BCUT2D eigenvalue weighted by molar-refractivity contribution is -0.594. The van der Waals surface area contributed by atoms with Crippen molar-refractivity contribution < 1.29 is 4.73 Å². The zero-order chi connectivity index (χ0) is 20.9. The number of hydrogen-bond donors (Lipinski definition) is 0. The molecular weight excluding hydrogens is 454 g/mol. The highest BCUT2D eigenvalue weighted by Gasteiger charge is 2.07. The van der Waals surface area contributed by atoms with Crippen LogP contribution < -0.4 is 4.73 Å². The van der Waals surface area contributed by atoms with Gasteiger partial charge in [0, 0.05) is 24.8 Å². The van der Waals surface area contributed by atoms with Crippen LogP contribution in [0.1, 0.15) is 0 Å². The highest BCUT2D eigenvalue weighted by molar-refractivity contribution is 8.20. The molecule has 4 aromatic rings.